The zero-order valence-corrected chi connectivity index (χ0v) is 17.4. The molecule has 0 saturated heterocycles. The Morgan fingerprint density at radius 2 is 1.68 bits per heavy atom. The van der Waals surface area contributed by atoms with Crippen molar-refractivity contribution in [1.29, 1.82) is 0 Å². The first-order valence-corrected chi connectivity index (χ1v) is 9.98. The fourth-order valence-corrected chi connectivity index (χ4v) is 3.96. The third kappa shape index (κ3) is 5.47. The Labute approximate surface area is 181 Å². The van der Waals surface area contributed by atoms with E-state index in [1.807, 2.05) is 6.07 Å². The Morgan fingerprint density at radius 1 is 1.06 bits per heavy atom. The number of fused-ring (bicyclic) bond motifs is 1. The van der Waals surface area contributed by atoms with Crippen molar-refractivity contribution in [1.82, 2.24) is 4.90 Å². The highest BCUT2D eigenvalue weighted by molar-refractivity contribution is 6.30. The van der Waals surface area contributed by atoms with Crippen LogP contribution in [0.1, 0.15) is 48.1 Å². The quantitative estimate of drug-likeness (QED) is 0.469. The number of nitrogens with zero attached hydrogens (tertiary/aromatic N) is 1. The molecular formula is C22H21ClF6N2. The standard InChI is InChI=1S/C22H21ClF6N2/c1-13(2)31(20-4-3-7-30-19-11-17(23)5-6-18(19)20)12-14-8-15(21(24,25)26)10-16(9-14)22(27,28)29/h5-6,8-11,20,30H,1,3-4,7,12H2,2H3. The maximum atomic E-state index is 13.3. The first kappa shape index (κ1) is 23.3. The molecule has 0 aromatic heterocycles. The molecule has 1 aliphatic heterocycles. The molecule has 1 N–H and O–H groups in total. The molecule has 9 heteroatoms. The number of hydrogen-bond acceptors (Lipinski definition) is 2. The minimum Gasteiger partial charge on any atom is -0.385 e. The predicted molar refractivity (Wildman–Crippen MR) is 109 cm³/mol. The SMILES string of the molecule is C=C(C)N(Cc1cc(C(F)(F)F)cc(C(F)(F)F)c1)C1CCCNc2cc(Cl)ccc21. The van der Waals surface area contributed by atoms with Crippen LogP contribution >= 0.6 is 11.6 Å². The summed E-state index contributed by atoms with van der Waals surface area (Å²) in [6.07, 6.45) is -8.37. The van der Waals surface area contributed by atoms with Gasteiger partial charge in [0.15, 0.2) is 0 Å². The maximum absolute atomic E-state index is 13.3. The van der Waals surface area contributed by atoms with E-state index in [9.17, 15) is 26.3 Å². The van der Waals surface area contributed by atoms with Gasteiger partial charge in [0.1, 0.15) is 0 Å². The van der Waals surface area contributed by atoms with E-state index in [-0.39, 0.29) is 24.2 Å². The number of benzene rings is 2. The summed E-state index contributed by atoms with van der Waals surface area (Å²) in [5, 5.41) is 3.80. The molecule has 0 spiro atoms. The van der Waals surface area contributed by atoms with Crippen LogP contribution in [0.3, 0.4) is 0 Å². The van der Waals surface area contributed by atoms with Gasteiger partial charge >= 0.3 is 12.4 Å². The van der Waals surface area contributed by atoms with Crippen LogP contribution in [0.25, 0.3) is 0 Å². The van der Waals surface area contributed by atoms with Crippen LogP contribution < -0.4 is 5.32 Å². The molecule has 31 heavy (non-hydrogen) atoms. The van der Waals surface area contributed by atoms with Crippen molar-refractivity contribution < 1.29 is 26.3 Å². The normalized spacial score (nSPS) is 16.8. The number of hydrogen-bond donors (Lipinski definition) is 1. The van der Waals surface area contributed by atoms with Crippen molar-refractivity contribution in [2.75, 3.05) is 11.9 Å². The van der Waals surface area contributed by atoms with Gasteiger partial charge in [-0.25, -0.2) is 0 Å². The Morgan fingerprint density at radius 3 is 2.23 bits per heavy atom. The van der Waals surface area contributed by atoms with Crippen LogP contribution in [-0.4, -0.2) is 11.4 Å². The fourth-order valence-electron chi connectivity index (χ4n) is 3.79. The lowest BCUT2D eigenvalue weighted by Gasteiger charge is -2.35. The first-order valence-electron chi connectivity index (χ1n) is 9.60. The van der Waals surface area contributed by atoms with Gasteiger partial charge < -0.3 is 10.2 Å². The number of alkyl halides is 6. The Kier molecular flexibility index (Phi) is 6.51. The molecular weight excluding hydrogens is 442 g/mol. The second-order valence-electron chi connectivity index (χ2n) is 7.59. The smallest absolute Gasteiger partial charge is 0.385 e. The fraction of sp³-hybridized carbons (Fsp3) is 0.364. The number of halogens is 7. The highest BCUT2D eigenvalue weighted by atomic mass is 35.5. The molecule has 1 atom stereocenters. The average molecular weight is 463 g/mol. The van der Waals surface area contributed by atoms with E-state index in [1.54, 1.807) is 24.0 Å². The van der Waals surface area contributed by atoms with Crippen LogP contribution in [0.5, 0.6) is 0 Å². The van der Waals surface area contributed by atoms with E-state index in [4.69, 9.17) is 11.6 Å². The zero-order valence-electron chi connectivity index (χ0n) is 16.7. The monoisotopic (exact) mass is 462 g/mol. The molecule has 1 aliphatic rings. The molecule has 0 fully saturated rings. The Bertz CT molecular complexity index is 935. The van der Waals surface area contributed by atoms with Gasteiger partial charge in [0.2, 0.25) is 0 Å². The topological polar surface area (TPSA) is 15.3 Å². The summed E-state index contributed by atoms with van der Waals surface area (Å²) in [6.45, 7) is 6.14. The molecule has 0 bridgehead atoms. The molecule has 0 amide bonds. The van der Waals surface area contributed by atoms with Crippen molar-refractivity contribution in [2.24, 2.45) is 0 Å². The van der Waals surface area contributed by atoms with Gasteiger partial charge in [0.05, 0.1) is 17.2 Å². The molecule has 1 heterocycles. The van der Waals surface area contributed by atoms with Gasteiger partial charge in [0, 0.05) is 29.5 Å². The molecule has 1 unspecified atom stereocenters. The number of nitrogens with one attached hydrogen (secondary N) is 1. The molecule has 2 aromatic carbocycles. The highest BCUT2D eigenvalue weighted by Crippen LogP contribution is 2.40. The Balaban J connectivity index is 2.04. The molecule has 0 aliphatic carbocycles. The molecule has 2 nitrogen and oxygen atoms in total. The molecule has 0 saturated carbocycles. The summed E-state index contributed by atoms with van der Waals surface area (Å²) in [5.74, 6) is 0. The van der Waals surface area contributed by atoms with Crippen molar-refractivity contribution in [3.63, 3.8) is 0 Å². The number of anilines is 1. The zero-order chi connectivity index (χ0) is 23.0. The van der Waals surface area contributed by atoms with Gasteiger partial charge in [-0.1, -0.05) is 24.2 Å². The number of allylic oxidation sites excluding steroid dienone is 1. The van der Waals surface area contributed by atoms with Crippen LogP contribution in [0.4, 0.5) is 32.0 Å². The van der Waals surface area contributed by atoms with Crippen LogP contribution in [0, 0.1) is 0 Å². The first-order chi connectivity index (χ1) is 14.4. The number of rotatable bonds is 4. The summed E-state index contributed by atoms with van der Waals surface area (Å²) in [4.78, 5) is 1.75. The van der Waals surface area contributed by atoms with Crippen molar-refractivity contribution in [3.8, 4) is 0 Å². The predicted octanol–water partition coefficient (Wildman–Crippen LogP) is 7.66. The van der Waals surface area contributed by atoms with E-state index in [2.05, 4.69) is 11.9 Å². The van der Waals surface area contributed by atoms with E-state index >= 15 is 0 Å². The maximum Gasteiger partial charge on any atom is 0.416 e. The van der Waals surface area contributed by atoms with Gasteiger partial charge in [-0.2, -0.15) is 26.3 Å². The summed E-state index contributed by atoms with van der Waals surface area (Å²) < 4.78 is 79.5. The van der Waals surface area contributed by atoms with Gasteiger partial charge in [-0.15, -0.1) is 0 Å². The van der Waals surface area contributed by atoms with Crippen molar-refractivity contribution in [3.05, 3.63) is 76.0 Å². The van der Waals surface area contributed by atoms with E-state index in [0.29, 0.717) is 23.7 Å². The lowest BCUT2D eigenvalue weighted by molar-refractivity contribution is -0.143. The van der Waals surface area contributed by atoms with Crippen LogP contribution in [0.2, 0.25) is 5.02 Å². The third-order valence-electron chi connectivity index (χ3n) is 5.21. The molecule has 3 rings (SSSR count). The van der Waals surface area contributed by atoms with Gasteiger partial charge in [0.25, 0.3) is 0 Å². The lowest BCUT2D eigenvalue weighted by atomic mass is 9.97. The van der Waals surface area contributed by atoms with Gasteiger partial charge in [-0.3, -0.25) is 0 Å². The molecule has 0 radical (unpaired) electrons. The molecule has 2 aromatic rings. The van der Waals surface area contributed by atoms with E-state index in [1.165, 1.54) is 0 Å². The van der Waals surface area contributed by atoms with E-state index in [0.717, 1.165) is 29.8 Å². The summed E-state index contributed by atoms with van der Waals surface area (Å²) in [7, 11) is 0. The molecule has 168 valence electrons. The van der Waals surface area contributed by atoms with Gasteiger partial charge in [-0.05, 0) is 61.2 Å². The Hall–Kier alpha value is -2.35. The van der Waals surface area contributed by atoms with Crippen LogP contribution in [0.15, 0.2) is 48.7 Å². The minimum atomic E-state index is -4.89. The van der Waals surface area contributed by atoms with Crippen molar-refractivity contribution >= 4 is 17.3 Å². The third-order valence-corrected chi connectivity index (χ3v) is 5.45. The lowest BCUT2D eigenvalue weighted by Crippen LogP contribution is -2.27. The summed E-state index contributed by atoms with van der Waals surface area (Å²) in [5.41, 5.74) is -0.534. The average Bonchev–Trinajstić information content (AvgIpc) is 2.86. The van der Waals surface area contributed by atoms with Crippen LogP contribution in [-0.2, 0) is 18.9 Å². The largest absolute Gasteiger partial charge is 0.416 e. The minimum absolute atomic E-state index is 0.0853. The second kappa shape index (κ2) is 8.65. The summed E-state index contributed by atoms with van der Waals surface area (Å²) >= 11 is 6.09. The van der Waals surface area contributed by atoms with Crippen molar-refractivity contribution in [2.45, 2.75) is 44.7 Å². The summed E-state index contributed by atoms with van der Waals surface area (Å²) in [6, 6.07) is 6.70. The second-order valence-corrected chi connectivity index (χ2v) is 8.03. The highest BCUT2D eigenvalue weighted by Gasteiger charge is 2.37. The van der Waals surface area contributed by atoms with E-state index < -0.39 is 23.5 Å².